The fourth-order valence-electron chi connectivity index (χ4n) is 4.74. The highest BCUT2D eigenvalue weighted by atomic mass is 19.4. The van der Waals surface area contributed by atoms with Gasteiger partial charge in [-0.15, -0.1) is 0 Å². The Morgan fingerprint density at radius 1 is 0.905 bits per heavy atom. The number of hydrogen-bond acceptors (Lipinski definition) is 5. The van der Waals surface area contributed by atoms with Crippen LogP contribution in [0.25, 0.3) is 0 Å². The van der Waals surface area contributed by atoms with Crippen molar-refractivity contribution < 1.29 is 63.3 Å². The van der Waals surface area contributed by atoms with E-state index in [4.69, 9.17) is 14.2 Å². The van der Waals surface area contributed by atoms with Crippen molar-refractivity contribution in [2.75, 3.05) is 25.7 Å². The maximum Gasteiger partial charge on any atom is 0.420 e. The Labute approximate surface area is 233 Å². The molecule has 0 spiro atoms. The zero-order chi connectivity index (χ0) is 31.8. The second-order valence-electron chi connectivity index (χ2n) is 9.29. The molecule has 0 aromatic heterocycles. The quantitative estimate of drug-likeness (QED) is 0.321. The van der Waals surface area contributed by atoms with E-state index in [1.54, 1.807) is 0 Å². The molecule has 2 atom stereocenters. The van der Waals surface area contributed by atoms with Gasteiger partial charge < -0.3 is 14.2 Å². The molecule has 1 aliphatic heterocycles. The number of ether oxygens (including phenoxy) is 3. The first-order valence-corrected chi connectivity index (χ1v) is 12.2. The molecule has 0 radical (unpaired) electrons. The van der Waals surface area contributed by atoms with Gasteiger partial charge >= 0.3 is 30.7 Å². The van der Waals surface area contributed by atoms with E-state index in [0.717, 1.165) is 30.1 Å². The van der Waals surface area contributed by atoms with Crippen LogP contribution in [0.4, 0.5) is 54.8 Å². The number of amides is 2. The summed E-state index contributed by atoms with van der Waals surface area (Å²) < 4.78 is 137. The van der Waals surface area contributed by atoms with Gasteiger partial charge in [0.05, 0.1) is 49.2 Å². The van der Waals surface area contributed by atoms with Crippen molar-refractivity contribution in [3.05, 3.63) is 58.1 Å². The molecular formula is C26H25F9N2O5. The first-order valence-electron chi connectivity index (χ1n) is 12.2. The van der Waals surface area contributed by atoms with Crippen LogP contribution in [0, 0.1) is 0 Å². The van der Waals surface area contributed by atoms with E-state index in [2.05, 4.69) is 0 Å². The summed E-state index contributed by atoms with van der Waals surface area (Å²) in [5.41, 5.74) is -5.57. The summed E-state index contributed by atoms with van der Waals surface area (Å²) >= 11 is 0. The summed E-state index contributed by atoms with van der Waals surface area (Å²) in [6, 6.07) is 0.0562. The zero-order valence-electron chi connectivity index (χ0n) is 22.5. The summed E-state index contributed by atoms with van der Waals surface area (Å²) in [4.78, 5) is 27.4. The van der Waals surface area contributed by atoms with Gasteiger partial charge in [0.1, 0.15) is 5.75 Å². The van der Waals surface area contributed by atoms with Crippen LogP contribution in [-0.2, 0) is 34.5 Å². The molecule has 16 heteroatoms. The number of halogens is 9. The van der Waals surface area contributed by atoms with Gasteiger partial charge in [0.2, 0.25) is 0 Å². The lowest BCUT2D eigenvalue weighted by atomic mass is 9.89. The standard InChI is InChI=1S/C26H25F9N2O5/c1-5-42-23(39)37-13(2)6-19(17-10-21(40-3)18(11-20(17)37)26(33,34)35)36(22(38)41-4)12-14-7-15(24(27,28)29)9-16(8-14)25(30,31)32/h7-11,13,19H,5-6,12H2,1-4H3/t13-,19+/m1/s1. The maximum atomic E-state index is 13.9. The minimum absolute atomic E-state index is 0.0787. The van der Waals surface area contributed by atoms with Crippen molar-refractivity contribution in [3.63, 3.8) is 0 Å². The van der Waals surface area contributed by atoms with Crippen LogP contribution in [0.5, 0.6) is 5.75 Å². The average Bonchev–Trinajstić information content (AvgIpc) is 2.88. The van der Waals surface area contributed by atoms with Crippen LogP contribution in [0.3, 0.4) is 0 Å². The van der Waals surface area contributed by atoms with E-state index in [0.29, 0.717) is 18.2 Å². The Morgan fingerprint density at radius 3 is 1.93 bits per heavy atom. The van der Waals surface area contributed by atoms with Gasteiger partial charge in [-0.3, -0.25) is 9.80 Å². The molecule has 0 saturated heterocycles. The number of fused-ring (bicyclic) bond motifs is 1. The lowest BCUT2D eigenvalue weighted by Crippen LogP contribution is -2.47. The first-order chi connectivity index (χ1) is 19.3. The molecule has 7 nitrogen and oxygen atoms in total. The van der Waals surface area contributed by atoms with Crippen molar-refractivity contribution in [1.29, 1.82) is 0 Å². The van der Waals surface area contributed by atoms with E-state index in [1.165, 1.54) is 13.8 Å². The van der Waals surface area contributed by atoms with Crippen molar-refractivity contribution in [2.45, 2.75) is 57.4 Å². The van der Waals surface area contributed by atoms with E-state index >= 15 is 0 Å². The number of anilines is 1. The van der Waals surface area contributed by atoms with Gasteiger partial charge in [-0.1, -0.05) is 0 Å². The molecule has 2 aromatic carbocycles. The molecule has 1 heterocycles. The maximum absolute atomic E-state index is 13.9. The minimum Gasteiger partial charge on any atom is -0.496 e. The SMILES string of the molecule is CCOC(=O)N1c2cc(C(F)(F)F)c(OC)cc2[C@@H](N(Cc2cc(C(F)(F)F)cc(C(F)(F)F)c2)C(=O)OC)C[C@H]1C. The second-order valence-corrected chi connectivity index (χ2v) is 9.29. The lowest BCUT2D eigenvalue weighted by molar-refractivity contribution is -0.143. The van der Waals surface area contributed by atoms with Gasteiger partial charge in [0.15, 0.2) is 0 Å². The molecule has 0 saturated carbocycles. The van der Waals surface area contributed by atoms with Gasteiger partial charge in [-0.05, 0) is 56.2 Å². The van der Waals surface area contributed by atoms with Crippen LogP contribution in [0.15, 0.2) is 30.3 Å². The molecule has 3 rings (SSSR count). The lowest BCUT2D eigenvalue weighted by Gasteiger charge is -2.43. The van der Waals surface area contributed by atoms with Crippen molar-refractivity contribution in [3.8, 4) is 5.75 Å². The monoisotopic (exact) mass is 616 g/mol. The Balaban J connectivity index is 2.26. The molecule has 1 aliphatic rings. The highest BCUT2D eigenvalue weighted by Gasteiger charge is 2.44. The van der Waals surface area contributed by atoms with E-state index in [1.807, 2.05) is 0 Å². The van der Waals surface area contributed by atoms with E-state index in [9.17, 15) is 49.1 Å². The fraction of sp³-hybridized carbons (Fsp3) is 0.462. The molecule has 2 aromatic rings. The predicted octanol–water partition coefficient (Wildman–Crippen LogP) is 7.82. The predicted molar refractivity (Wildman–Crippen MR) is 129 cm³/mol. The number of rotatable bonds is 5. The molecule has 0 fully saturated rings. The Kier molecular flexibility index (Phi) is 9.17. The van der Waals surface area contributed by atoms with Gasteiger partial charge in [0, 0.05) is 18.2 Å². The molecule has 232 valence electrons. The van der Waals surface area contributed by atoms with E-state index < -0.39 is 77.3 Å². The number of benzene rings is 2. The van der Waals surface area contributed by atoms with E-state index in [-0.39, 0.29) is 30.3 Å². The van der Waals surface area contributed by atoms with Crippen LogP contribution >= 0.6 is 0 Å². The summed E-state index contributed by atoms with van der Waals surface area (Å²) in [5, 5.41) is 0. The Morgan fingerprint density at radius 2 is 1.48 bits per heavy atom. The van der Waals surface area contributed by atoms with Crippen LogP contribution in [-0.4, -0.2) is 44.0 Å². The summed E-state index contributed by atoms with van der Waals surface area (Å²) in [7, 11) is 1.86. The van der Waals surface area contributed by atoms with Crippen LogP contribution in [0.1, 0.15) is 54.1 Å². The summed E-state index contributed by atoms with van der Waals surface area (Å²) in [6.45, 7) is 1.90. The Hall–Kier alpha value is -3.85. The number of carbonyl (C=O) groups is 2. The molecule has 0 N–H and O–H groups in total. The second kappa shape index (κ2) is 11.8. The van der Waals surface area contributed by atoms with Crippen LogP contribution < -0.4 is 9.64 Å². The highest BCUT2D eigenvalue weighted by Crippen LogP contribution is 2.48. The normalized spacial score (nSPS) is 17.4. The highest BCUT2D eigenvalue weighted by molar-refractivity contribution is 5.91. The number of methoxy groups -OCH3 is 2. The first kappa shape index (κ1) is 32.7. The van der Waals surface area contributed by atoms with Gasteiger partial charge in [-0.25, -0.2) is 9.59 Å². The number of nitrogens with zero attached hydrogens (tertiary/aromatic N) is 2. The Bertz CT molecular complexity index is 1290. The molecule has 0 unspecified atom stereocenters. The minimum atomic E-state index is -5.17. The molecule has 0 bridgehead atoms. The smallest absolute Gasteiger partial charge is 0.420 e. The fourth-order valence-corrected chi connectivity index (χ4v) is 4.74. The molecular weight excluding hydrogens is 591 g/mol. The van der Waals surface area contributed by atoms with Crippen LogP contribution in [0.2, 0.25) is 0 Å². The topological polar surface area (TPSA) is 68.3 Å². The number of carbonyl (C=O) groups excluding carboxylic acids is 2. The molecule has 2 amide bonds. The third-order valence-corrected chi connectivity index (χ3v) is 6.53. The third kappa shape index (κ3) is 6.78. The third-order valence-electron chi connectivity index (χ3n) is 6.53. The van der Waals surface area contributed by atoms with Crippen molar-refractivity contribution in [2.24, 2.45) is 0 Å². The summed E-state index contributed by atoms with van der Waals surface area (Å²) in [6.07, 6.45) is -17.7. The van der Waals surface area contributed by atoms with Crippen molar-refractivity contribution >= 4 is 17.9 Å². The number of hydrogen-bond donors (Lipinski definition) is 0. The average molecular weight is 616 g/mol. The molecule has 42 heavy (non-hydrogen) atoms. The van der Waals surface area contributed by atoms with Crippen molar-refractivity contribution in [1.82, 2.24) is 4.90 Å². The zero-order valence-corrected chi connectivity index (χ0v) is 22.5. The largest absolute Gasteiger partial charge is 0.496 e. The molecule has 0 aliphatic carbocycles. The summed E-state index contributed by atoms with van der Waals surface area (Å²) in [5.74, 6) is -0.701. The van der Waals surface area contributed by atoms with Gasteiger partial charge in [0.25, 0.3) is 0 Å². The number of alkyl halides is 9. The van der Waals surface area contributed by atoms with Gasteiger partial charge in [-0.2, -0.15) is 39.5 Å².